The lowest BCUT2D eigenvalue weighted by Crippen LogP contribution is -2.22. The molecule has 0 bridgehead atoms. The van der Waals surface area contributed by atoms with Crippen LogP contribution in [0.1, 0.15) is 21.6 Å². The maximum Gasteiger partial charge on any atom is 0.297 e. The number of nitrogens with zero attached hydrogens (tertiary/aromatic N) is 1. The number of aliphatic hydroxyl groups is 1. The van der Waals surface area contributed by atoms with Crippen molar-refractivity contribution < 1.29 is 33.8 Å². The van der Waals surface area contributed by atoms with Crippen LogP contribution in [0.5, 0.6) is 5.75 Å². The highest BCUT2D eigenvalue weighted by molar-refractivity contribution is 5.97. The van der Waals surface area contributed by atoms with Crippen molar-refractivity contribution in [2.75, 3.05) is 5.32 Å². The molecule has 0 spiro atoms. The van der Waals surface area contributed by atoms with Crippen LogP contribution in [0.4, 0.5) is 14.5 Å². The number of benzene rings is 1. The SMILES string of the molecule is O=C(Cc1ccc(F)c(F)c1)Nc1cnc(C(=O)NO)c(O)c1CO. The fraction of sp³-hybridized carbons (Fsp3) is 0.133. The number of hydroxylamine groups is 1. The predicted molar refractivity (Wildman–Crippen MR) is 79.8 cm³/mol. The number of aliphatic hydroxyl groups excluding tert-OH is 1. The quantitative estimate of drug-likeness (QED) is 0.400. The number of halogens is 2. The number of aromatic nitrogens is 1. The van der Waals surface area contributed by atoms with Gasteiger partial charge in [0.1, 0.15) is 0 Å². The van der Waals surface area contributed by atoms with Gasteiger partial charge in [0.15, 0.2) is 23.1 Å². The average Bonchev–Trinajstić information content (AvgIpc) is 2.58. The van der Waals surface area contributed by atoms with E-state index in [0.717, 1.165) is 18.3 Å². The summed E-state index contributed by atoms with van der Waals surface area (Å²) in [5.41, 5.74) is 0.650. The normalized spacial score (nSPS) is 10.4. The number of carbonyl (C=O) groups excluding carboxylic acids is 2. The molecule has 25 heavy (non-hydrogen) atoms. The van der Waals surface area contributed by atoms with E-state index in [9.17, 15) is 28.6 Å². The molecule has 2 amide bonds. The lowest BCUT2D eigenvalue weighted by molar-refractivity contribution is -0.115. The number of nitrogens with one attached hydrogen (secondary N) is 2. The zero-order chi connectivity index (χ0) is 18.6. The highest BCUT2D eigenvalue weighted by Gasteiger charge is 2.20. The second kappa shape index (κ2) is 7.64. The third-order valence-electron chi connectivity index (χ3n) is 3.26. The topological polar surface area (TPSA) is 132 Å². The molecule has 0 radical (unpaired) electrons. The fourth-order valence-corrected chi connectivity index (χ4v) is 2.05. The van der Waals surface area contributed by atoms with Gasteiger partial charge in [0, 0.05) is 5.56 Å². The lowest BCUT2D eigenvalue weighted by atomic mass is 10.1. The molecule has 1 heterocycles. The van der Waals surface area contributed by atoms with Gasteiger partial charge in [0.05, 0.1) is 24.9 Å². The van der Waals surface area contributed by atoms with Crippen LogP contribution in [0, 0.1) is 11.6 Å². The Hall–Kier alpha value is -3.11. The minimum absolute atomic E-state index is 0.0814. The Morgan fingerprint density at radius 1 is 1.20 bits per heavy atom. The van der Waals surface area contributed by atoms with Gasteiger partial charge < -0.3 is 15.5 Å². The highest BCUT2D eigenvalue weighted by Crippen LogP contribution is 2.28. The summed E-state index contributed by atoms with van der Waals surface area (Å²) in [6, 6.07) is 2.98. The number of hydrogen-bond donors (Lipinski definition) is 5. The summed E-state index contributed by atoms with van der Waals surface area (Å²) in [7, 11) is 0. The van der Waals surface area contributed by atoms with Crippen molar-refractivity contribution in [1.29, 1.82) is 0 Å². The van der Waals surface area contributed by atoms with Crippen molar-refractivity contribution >= 4 is 17.5 Å². The van der Waals surface area contributed by atoms with E-state index < -0.39 is 41.5 Å². The number of anilines is 1. The third kappa shape index (κ3) is 4.05. The Bertz CT molecular complexity index is 829. The maximum atomic E-state index is 13.1. The summed E-state index contributed by atoms with van der Waals surface area (Å²) in [5.74, 6) is -4.62. The van der Waals surface area contributed by atoms with Gasteiger partial charge >= 0.3 is 0 Å². The van der Waals surface area contributed by atoms with E-state index in [-0.39, 0.29) is 23.2 Å². The van der Waals surface area contributed by atoms with Crippen molar-refractivity contribution in [2.24, 2.45) is 0 Å². The van der Waals surface area contributed by atoms with Crippen LogP contribution < -0.4 is 10.8 Å². The minimum Gasteiger partial charge on any atom is -0.505 e. The summed E-state index contributed by atoms with van der Waals surface area (Å²) >= 11 is 0. The number of hydrogen-bond acceptors (Lipinski definition) is 6. The average molecular weight is 353 g/mol. The van der Waals surface area contributed by atoms with Gasteiger partial charge in [-0.2, -0.15) is 0 Å². The first-order valence-corrected chi connectivity index (χ1v) is 6.87. The molecule has 1 aromatic carbocycles. The Morgan fingerprint density at radius 3 is 2.52 bits per heavy atom. The van der Waals surface area contributed by atoms with Crippen LogP contribution in [0.2, 0.25) is 0 Å². The van der Waals surface area contributed by atoms with Gasteiger partial charge in [-0.25, -0.2) is 19.2 Å². The molecular formula is C15H13F2N3O5. The fourth-order valence-electron chi connectivity index (χ4n) is 2.05. The molecular weight excluding hydrogens is 340 g/mol. The number of carbonyl (C=O) groups is 2. The first-order valence-electron chi connectivity index (χ1n) is 6.87. The standard InChI is InChI=1S/C15H13F2N3O5/c16-9-2-1-7(3-10(9)17)4-12(22)19-11-5-18-13(15(24)20-25)14(23)8(11)6-21/h1-3,5,21,23,25H,4,6H2,(H,19,22)(H,20,24). The molecule has 2 aromatic rings. The molecule has 5 N–H and O–H groups in total. The van der Waals surface area contributed by atoms with Crippen molar-refractivity contribution in [3.05, 3.63) is 52.9 Å². The first-order chi connectivity index (χ1) is 11.9. The molecule has 0 saturated carbocycles. The van der Waals surface area contributed by atoms with E-state index in [1.165, 1.54) is 11.5 Å². The molecule has 132 valence electrons. The summed E-state index contributed by atoms with van der Waals surface area (Å²) in [6.07, 6.45) is 0.695. The first kappa shape index (κ1) is 18.2. The van der Waals surface area contributed by atoms with E-state index in [1.807, 2.05) is 0 Å². The third-order valence-corrected chi connectivity index (χ3v) is 3.26. The zero-order valence-electron chi connectivity index (χ0n) is 12.6. The Kier molecular flexibility index (Phi) is 5.57. The second-order valence-corrected chi connectivity index (χ2v) is 4.92. The monoisotopic (exact) mass is 353 g/mol. The van der Waals surface area contributed by atoms with Gasteiger partial charge in [0.25, 0.3) is 5.91 Å². The number of pyridine rings is 1. The van der Waals surface area contributed by atoms with Gasteiger partial charge in [0.2, 0.25) is 5.91 Å². The molecule has 2 rings (SSSR count). The molecule has 0 saturated heterocycles. The van der Waals surface area contributed by atoms with Gasteiger partial charge in [-0.15, -0.1) is 0 Å². The van der Waals surface area contributed by atoms with Crippen molar-refractivity contribution in [1.82, 2.24) is 10.5 Å². The van der Waals surface area contributed by atoms with Crippen molar-refractivity contribution in [3.8, 4) is 5.75 Å². The van der Waals surface area contributed by atoms with Gasteiger partial charge in [-0.05, 0) is 17.7 Å². The van der Waals surface area contributed by atoms with E-state index in [1.54, 1.807) is 0 Å². The van der Waals surface area contributed by atoms with Gasteiger partial charge in [-0.1, -0.05) is 6.07 Å². The molecule has 10 heteroatoms. The summed E-state index contributed by atoms with van der Waals surface area (Å²) in [4.78, 5) is 26.9. The predicted octanol–water partition coefficient (Wildman–Crippen LogP) is 0.858. The van der Waals surface area contributed by atoms with Crippen LogP contribution >= 0.6 is 0 Å². The van der Waals surface area contributed by atoms with E-state index >= 15 is 0 Å². The molecule has 0 aliphatic heterocycles. The number of aromatic hydroxyl groups is 1. The molecule has 0 aliphatic rings. The maximum absolute atomic E-state index is 13.1. The summed E-state index contributed by atoms with van der Waals surface area (Å²) in [5, 5.41) is 30.1. The van der Waals surface area contributed by atoms with Crippen LogP contribution in [-0.2, 0) is 17.8 Å². The number of amides is 2. The Morgan fingerprint density at radius 2 is 1.92 bits per heavy atom. The molecule has 0 atom stereocenters. The highest BCUT2D eigenvalue weighted by atomic mass is 19.2. The van der Waals surface area contributed by atoms with Crippen LogP contribution in [0.3, 0.4) is 0 Å². The van der Waals surface area contributed by atoms with E-state index in [4.69, 9.17) is 5.21 Å². The second-order valence-electron chi connectivity index (χ2n) is 4.92. The molecule has 0 aliphatic carbocycles. The zero-order valence-corrected chi connectivity index (χ0v) is 12.6. The smallest absolute Gasteiger partial charge is 0.297 e. The van der Waals surface area contributed by atoms with Crippen molar-refractivity contribution in [2.45, 2.75) is 13.0 Å². The van der Waals surface area contributed by atoms with Crippen molar-refractivity contribution in [3.63, 3.8) is 0 Å². The summed E-state index contributed by atoms with van der Waals surface area (Å²) in [6.45, 7) is -0.735. The Balaban J connectivity index is 2.21. The summed E-state index contributed by atoms with van der Waals surface area (Å²) < 4.78 is 26.0. The number of rotatable bonds is 5. The van der Waals surface area contributed by atoms with Crippen LogP contribution in [-0.4, -0.2) is 32.2 Å². The molecule has 1 aromatic heterocycles. The lowest BCUT2D eigenvalue weighted by Gasteiger charge is -2.13. The van der Waals surface area contributed by atoms with Crippen LogP contribution in [0.25, 0.3) is 0 Å². The molecule has 0 unspecified atom stereocenters. The largest absolute Gasteiger partial charge is 0.505 e. The molecule has 0 fully saturated rings. The van der Waals surface area contributed by atoms with E-state index in [2.05, 4.69) is 10.3 Å². The molecule has 8 nitrogen and oxygen atoms in total. The van der Waals surface area contributed by atoms with Crippen LogP contribution in [0.15, 0.2) is 24.4 Å². The van der Waals surface area contributed by atoms with E-state index in [0.29, 0.717) is 0 Å². The Labute approximate surface area is 139 Å². The minimum atomic E-state index is -1.10. The van der Waals surface area contributed by atoms with Gasteiger partial charge in [-0.3, -0.25) is 14.8 Å².